The van der Waals surface area contributed by atoms with Crippen molar-refractivity contribution in [2.24, 2.45) is 0 Å². The maximum Gasteiger partial charge on any atom is 0.241 e. The molecular weight excluding hydrogens is 202 g/mol. The molecule has 2 rings (SSSR count). The van der Waals surface area contributed by atoms with Crippen LogP contribution in [0.5, 0.6) is 0 Å². The van der Waals surface area contributed by atoms with Gasteiger partial charge in [-0.3, -0.25) is 9.69 Å². The van der Waals surface area contributed by atoms with Crippen LogP contribution in [0.4, 0.5) is 0 Å². The van der Waals surface area contributed by atoms with Gasteiger partial charge in [0.05, 0.1) is 6.67 Å². The highest BCUT2D eigenvalue weighted by atomic mass is 16.2. The van der Waals surface area contributed by atoms with E-state index in [-0.39, 0.29) is 11.4 Å². The Hall–Kier alpha value is -0.610. The van der Waals surface area contributed by atoms with E-state index in [1.165, 1.54) is 19.4 Å². The number of likely N-dealkylation sites (tertiary alicyclic amines) is 1. The third kappa shape index (κ3) is 1.96. The van der Waals surface area contributed by atoms with Crippen molar-refractivity contribution < 1.29 is 4.79 Å². The second-order valence-corrected chi connectivity index (χ2v) is 5.09. The Morgan fingerprint density at radius 3 is 2.56 bits per heavy atom. The highest BCUT2D eigenvalue weighted by molar-refractivity contribution is 5.88. The molecule has 0 aromatic heterocycles. The first kappa shape index (κ1) is 11.9. The summed E-state index contributed by atoms with van der Waals surface area (Å²) in [6, 6.07) is 0. The van der Waals surface area contributed by atoms with Crippen LogP contribution in [-0.4, -0.2) is 54.6 Å². The van der Waals surface area contributed by atoms with E-state index in [0.717, 1.165) is 25.9 Å². The summed E-state index contributed by atoms with van der Waals surface area (Å²) in [5, 5.41) is 2.96. The summed E-state index contributed by atoms with van der Waals surface area (Å²) in [5.41, 5.74) is -0.192. The van der Waals surface area contributed by atoms with E-state index >= 15 is 0 Å². The number of amides is 1. The van der Waals surface area contributed by atoms with Crippen LogP contribution in [0.1, 0.15) is 32.6 Å². The number of piperidine rings is 1. The van der Waals surface area contributed by atoms with Crippen molar-refractivity contribution in [2.75, 3.05) is 33.4 Å². The van der Waals surface area contributed by atoms with Gasteiger partial charge in [0, 0.05) is 13.1 Å². The molecule has 16 heavy (non-hydrogen) atoms. The summed E-state index contributed by atoms with van der Waals surface area (Å²) in [7, 11) is 2.06. The van der Waals surface area contributed by atoms with Gasteiger partial charge in [-0.15, -0.1) is 0 Å². The summed E-state index contributed by atoms with van der Waals surface area (Å²) in [6.07, 6.45) is 4.50. The van der Waals surface area contributed by atoms with E-state index in [0.29, 0.717) is 6.67 Å². The van der Waals surface area contributed by atoms with Gasteiger partial charge in [-0.25, -0.2) is 0 Å². The number of hydrogen-bond acceptors (Lipinski definition) is 3. The standard InChI is InChI=1S/C12H23N3O/c1-3-4-7-15-8-5-12(6-9-15)11(16)13-10-14(12)2/h3-10H2,1-2H3,(H,13,16). The lowest BCUT2D eigenvalue weighted by atomic mass is 9.86. The van der Waals surface area contributed by atoms with Crippen molar-refractivity contribution in [1.82, 2.24) is 15.1 Å². The molecule has 0 aliphatic carbocycles. The van der Waals surface area contributed by atoms with Gasteiger partial charge in [-0.2, -0.15) is 0 Å². The lowest BCUT2D eigenvalue weighted by Gasteiger charge is -2.41. The molecule has 1 spiro atoms. The van der Waals surface area contributed by atoms with Gasteiger partial charge in [0.15, 0.2) is 0 Å². The summed E-state index contributed by atoms with van der Waals surface area (Å²) < 4.78 is 0. The van der Waals surface area contributed by atoms with E-state index in [9.17, 15) is 4.79 Å². The van der Waals surface area contributed by atoms with Crippen LogP contribution in [0.3, 0.4) is 0 Å². The topological polar surface area (TPSA) is 35.6 Å². The first-order chi connectivity index (χ1) is 7.69. The number of nitrogens with zero attached hydrogens (tertiary/aromatic N) is 2. The van der Waals surface area contributed by atoms with Crippen molar-refractivity contribution >= 4 is 5.91 Å². The largest absolute Gasteiger partial charge is 0.342 e. The van der Waals surface area contributed by atoms with Crippen LogP contribution >= 0.6 is 0 Å². The minimum absolute atomic E-state index is 0.192. The Balaban J connectivity index is 1.91. The van der Waals surface area contributed by atoms with Gasteiger partial charge in [0.25, 0.3) is 0 Å². The van der Waals surface area contributed by atoms with Crippen LogP contribution in [-0.2, 0) is 4.79 Å². The summed E-state index contributed by atoms with van der Waals surface area (Å²) in [4.78, 5) is 16.6. The van der Waals surface area contributed by atoms with Gasteiger partial charge in [0.2, 0.25) is 5.91 Å². The molecule has 0 radical (unpaired) electrons. The predicted molar refractivity (Wildman–Crippen MR) is 64.1 cm³/mol. The molecule has 0 unspecified atom stereocenters. The average Bonchev–Trinajstić information content (AvgIpc) is 2.57. The molecule has 2 aliphatic heterocycles. The zero-order valence-corrected chi connectivity index (χ0v) is 10.5. The van der Waals surface area contributed by atoms with E-state index in [1.54, 1.807) is 0 Å². The first-order valence-corrected chi connectivity index (χ1v) is 6.41. The number of carbonyl (C=O) groups is 1. The first-order valence-electron chi connectivity index (χ1n) is 6.41. The molecule has 1 N–H and O–H groups in total. The number of hydrogen-bond donors (Lipinski definition) is 1. The van der Waals surface area contributed by atoms with Crippen molar-refractivity contribution in [3.63, 3.8) is 0 Å². The number of rotatable bonds is 3. The maximum atomic E-state index is 11.9. The number of unbranched alkanes of at least 4 members (excludes halogenated alkanes) is 1. The molecule has 2 heterocycles. The Kier molecular flexibility index (Phi) is 3.50. The monoisotopic (exact) mass is 225 g/mol. The maximum absolute atomic E-state index is 11.9. The highest BCUT2D eigenvalue weighted by Gasteiger charge is 2.48. The Morgan fingerprint density at radius 2 is 2.06 bits per heavy atom. The molecule has 4 heteroatoms. The third-order valence-electron chi connectivity index (χ3n) is 4.14. The Bertz CT molecular complexity index is 259. The van der Waals surface area contributed by atoms with Crippen molar-refractivity contribution in [3.05, 3.63) is 0 Å². The molecule has 2 fully saturated rings. The van der Waals surface area contributed by atoms with Gasteiger partial charge in [-0.05, 0) is 32.9 Å². The van der Waals surface area contributed by atoms with Crippen LogP contribution in [0.25, 0.3) is 0 Å². The average molecular weight is 225 g/mol. The SMILES string of the molecule is CCCCN1CCC2(CC1)C(=O)NCN2C. The van der Waals surface area contributed by atoms with E-state index < -0.39 is 0 Å². The molecule has 1 amide bonds. The normalized spacial score (nSPS) is 26.2. The van der Waals surface area contributed by atoms with Gasteiger partial charge in [-0.1, -0.05) is 13.3 Å². The summed E-state index contributed by atoms with van der Waals surface area (Å²) in [6.45, 7) is 6.27. The fraction of sp³-hybridized carbons (Fsp3) is 0.917. The molecule has 92 valence electrons. The molecule has 0 atom stereocenters. The Morgan fingerprint density at radius 1 is 1.38 bits per heavy atom. The van der Waals surface area contributed by atoms with Gasteiger partial charge in [0.1, 0.15) is 5.54 Å². The molecule has 4 nitrogen and oxygen atoms in total. The van der Waals surface area contributed by atoms with Crippen molar-refractivity contribution in [2.45, 2.75) is 38.1 Å². The van der Waals surface area contributed by atoms with Crippen molar-refractivity contribution in [1.29, 1.82) is 0 Å². The fourth-order valence-corrected chi connectivity index (χ4v) is 2.82. The lowest BCUT2D eigenvalue weighted by Crippen LogP contribution is -2.55. The molecule has 0 aromatic rings. The zero-order chi connectivity index (χ0) is 11.6. The smallest absolute Gasteiger partial charge is 0.241 e. The summed E-state index contributed by atoms with van der Waals surface area (Å²) >= 11 is 0. The predicted octanol–water partition coefficient (Wildman–Crippen LogP) is 0.640. The fourth-order valence-electron chi connectivity index (χ4n) is 2.82. The quantitative estimate of drug-likeness (QED) is 0.765. The minimum Gasteiger partial charge on any atom is -0.342 e. The van der Waals surface area contributed by atoms with Gasteiger partial charge >= 0.3 is 0 Å². The number of carbonyl (C=O) groups excluding carboxylic acids is 1. The second-order valence-electron chi connectivity index (χ2n) is 5.09. The van der Waals surface area contributed by atoms with Crippen LogP contribution in [0.2, 0.25) is 0 Å². The number of likely N-dealkylation sites (N-methyl/N-ethyl adjacent to an activating group) is 1. The molecular formula is C12H23N3O. The third-order valence-corrected chi connectivity index (χ3v) is 4.14. The molecule has 2 aliphatic rings. The van der Waals surface area contributed by atoms with Crippen LogP contribution in [0.15, 0.2) is 0 Å². The Labute approximate surface area is 98.0 Å². The number of nitrogens with one attached hydrogen (secondary N) is 1. The van der Waals surface area contributed by atoms with Crippen molar-refractivity contribution in [3.8, 4) is 0 Å². The molecule has 0 saturated carbocycles. The summed E-state index contributed by atoms with van der Waals surface area (Å²) in [5.74, 6) is 0.241. The van der Waals surface area contributed by atoms with Gasteiger partial charge < -0.3 is 10.2 Å². The van der Waals surface area contributed by atoms with E-state index in [2.05, 4.69) is 29.1 Å². The highest BCUT2D eigenvalue weighted by Crippen LogP contribution is 2.30. The van der Waals surface area contributed by atoms with E-state index in [4.69, 9.17) is 0 Å². The molecule has 2 saturated heterocycles. The van der Waals surface area contributed by atoms with E-state index in [1.807, 2.05) is 0 Å². The second kappa shape index (κ2) is 4.72. The lowest BCUT2D eigenvalue weighted by molar-refractivity contribution is -0.128. The molecule has 0 aromatic carbocycles. The molecule has 0 bridgehead atoms. The minimum atomic E-state index is -0.192. The van der Waals surface area contributed by atoms with Crippen LogP contribution in [0, 0.1) is 0 Å². The zero-order valence-electron chi connectivity index (χ0n) is 10.5. The van der Waals surface area contributed by atoms with Crippen LogP contribution < -0.4 is 5.32 Å².